The predicted octanol–water partition coefficient (Wildman–Crippen LogP) is 2.46. The molecular formula is C18H34N4. The van der Waals surface area contributed by atoms with Crippen molar-refractivity contribution in [3.05, 3.63) is 0 Å². The van der Waals surface area contributed by atoms with Crippen molar-refractivity contribution in [1.82, 2.24) is 15.5 Å². The highest BCUT2D eigenvalue weighted by Crippen LogP contribution is 2.40. The fraction of sp³-hybridized carbons (Fsp3) is 0.944. The van der Waals surface area contributed by atoms with Crippen molar-refractivity contribution in [3.8, 4) is 0 Å². The van der Waals surface area contributed by atoms with Crippen LogP contribution in [0.3, 0.4) is 0 Å². The third kappa shape index (κ3) is 4.15. The molecule has 0 aromatic rings. The molecule has 0 bridgehead atoms. The second-order valence-electron chi connectivity index (χ2n) is 7.83. The lowest BCUT2D eigenvalue weighted by Crippen LogP contribution is -2.48. The fourth-order valence-corrected chi connectivity index (χ4v) is 4.83. The van der Waals surface area contributed by atoms with Crippen LogP contribution in [0.25, 0.3) is 0 Å². The maximum Gasteiger partial charge on any atom is 0.191 e. The Morgan fingerprint density at radius 3 is 2.64 bits per heavy atom. The Morgan fingerprint density at radius 1 is 1.09 bits per heavy atom. The van der Waals surface area contributed by atoms with Crippen LogP contribution in [0.1, 0.15) is 51.4 Å². The molecule has 2 N–H and O–H groups in total. The zero-order valence-electron chi connectivity index (χ0n) is 14.5. The lowest BCUT2D eigenvalue weighted by Gasteiger charge is -2.40. The maximum atomic E-state index is 4.45. The zero-order valence-corrected chi connectivity index (χ0v) is 14.5. The molecule has 3 fully saturated rings. The third-order valence-electron chi connectivity index (χ3n) is 6.15. The van der Waals surface area contributed by atoms with Gasteiger partial charge in [-0.25, -0.2) is 0 Å². The normalized spacial score (nSPS) is 36.9. The van der Waals surface area contributed by atoms with E-state index in [1.807, 2.05) is 7.05 Å². The van der Waals surface area contributed by atoms with Gasteiger partial charge in [-0.05, 0) is 57.0 Å². The first kappa shape index (κ1) is 16.1. The first-order valence-electron chi connectivity index (χ1n) is 9.40. The monoisotopic (exact) mass is 306 g/mol. The van der Waals surface area contributed by atoms with Gasteiger partial charge in [-0.1, -0.05) is 25.7 Å². The van der Waals surface area contributed by atoms with Crippen molar-refractivity contribution in [2.24, 2.45) is 22.7 Å². The number of nitrogens with one attached hydrogen (secondary N) is 2. The molecule has 1 heterocycles. The largest absolute Gasteiger partial charge is 0.356 e. The molecule has 126 valence electrons. The van der Waals surface area contributed by atoms with Gasteiger partial charge in [-0.3, -0.25) is 4.99 Å². The molecule has 0 spiro atoms. The molecule has 0 aromatic heterocycles. The van der Waals surface area contributed by atoms with E-state index in [1.54, 1.807) is 0 Å². The van der Waals surface area contributed by atoms with Gasteiger partial charge in [0.05, 0.1) is 0 Å². The molecule has 4 heteroatoms. The third-order valence-corrected chi connectivity index (χ3v) is 6.15. The Hall–Kier alpha value is -0.770. The lowest BCUT2D eigenvalue weighted by atomic mass is 9.69. The van der Waals surface area contributed by atoms with Gasteiger partial charge in [-0.15, -0.1) is 0 Å². The fourth-order valence-electron chi connectivity index (χ4n) is 4.83. The van der Waals surface area contributed by atoms with Crippen LogP contribution in [-0.2, 0) is 0 Å². The lowest BCUT2D eigenvalue weighted by molar-refractivity contribution is 0.150. The van der Waals surface area contributed by atoms with Crippen LogP contribution >= 0.6 is 0 Å². The van der Waals surface area contributed by atoms with E-state index in [0.717, 1.165) is 30.3 Å². The summed E-state index contributed by atoms with van der Waals surface area (Å²) in [5.74, 6) is 3.80. The molecule has 2 saturated carbocycles. The van der Waals surface area contributed by atoms with Gasteiger partial charge in [0.25, 0.3) is 0 Å². The molecule has 3 rings (SSSR count). The van der Waals surface area contributed by atoms with Crippen LogP contribution in [0.2, 0.25) is 0 Å². The van der Waals surface area contributed by atoms with Crippen molar-refractivity contribution in [3.63, 3.8) is 0 Å². The van der Waals surface area contributed by atoms with Crippen molar-refractivity contribution in [1.29, 1.82) is 0 Å². The van der Waals surface area contributed by atoms with Gasteiger partial charge in [0.15, 0.2) is 5.96 Å². The summed E-state index contributed by atoms with van der Waals surface area (Å²) in [7, 11) is 4.12. The summed E-state index contributed by atoms with van der Waals surface area (Å²) in [4.78, 5) is 6.87. The summed E-state index contributed by atoms with van der Waals surface area (Å²) in [6, 6.07) is 0.636. The Bertz CT molecular complexity index is 381. The summed E-state index contributed by atoms with van der Waals surface area (Å²) in [6.45, 7) is 3.52. The number of nitrogens with zero attached hydrogens (tertiary/aromatic N) is 2. The molecule has 22 heavy (non-hydrogen) atoms. The second kappa shape index (κ2) is 7.67. The summed E-state index contributed by atoms with van der Waals surface area (Å²) >= 11 is 0. The van der Waals surface area contributed by atoms with Crippen LogP contribution in [-0.4, -0.2) is 50.6 Å². The average molecular weight is 306 g/mol. The number of aliphatic imine (C=N–C) groups is 1. The number of hydrogen-bond acceptors (Lipinski definition) is 2. The quantitative estimate of drug-likeness (QED) is 0.621. The highest BCUT2D eigenvalue weighted by atomic mass is 15.2. The molecule has 2 aliphatic carbocycles. The minimum atomic E-state index is 0.636. The van der Waals surface area contributed by atoms with Gasteiger partial charge in [0, 0.05) is 26.2 Å². The minimum Gasteiger partial charge on any atom is -0.356 e. The molecule has 0 amide bonds. The molecule has 4 nitrogen and oxygen atoms in total. The Labute approximate surface area is 136 Å². The summed E-state index contributed by atoms with van der Waals surface area (Å²) in [6.07, 6.45) is 11.3. The first-order chi connectivity index (χ1) is 10.7. The van der Waals surface area contributed by atoms with E-state index in [4.69, 9.17) is 0 Å². The SMILES string of the molecule is CN=C(NCC1CCN(C)C1)NC1CCC2CCCCC2C1. The van der Waals surface area contributed by atoms with Crippen LogP contribution < -0.4 is 10.6 Å². The van der Waals surface area contributed by atoms with Gasteiger partial charge >= 0.3 is 0 Å². The molecule has 0 aromatic carbocycles. The standard InChI is InChI=1S/C18H34N4/c1-19-18(20-12-14-9-10-22(2)13-14)21-17-8-7-15-5-3-4-6-16(15)11-17/h14-17H,3-13H2,1-2H3,(H2,19,20,21). The molecular weight excluding hydrogens is 272 g/mol. The second-order valence-corrected chi connectivity index (χ2v) is 7.83. The molecule has 1 aliphatic heterocycles. The first-order valence-corrected chi connectivity index (χ1v) is 9.40. The number of guanidine groups is 1. The average Bonchev–Trinajstić information content (AvgIpc) is 2.96. The van der Waals surface area contributed by atoms with Gasteiger partial charge in [-0.2, -0.15) is 0 Å². The van der Waals surface area contributed by atoms with E-state index in [-0.39, 0.29) is 0 Å². The molecule has 1 saturated heterocycles. The van der Waals surface area contributed by atoms with E-state index in [9.17, 15) is 0 Å². The van der Waals surface area contributed by atoms with Crippen LogP contribution in [0, 0.1) is 17.8 Å². The summed E-state index contributed by atoms with van der Waals surface area (Å²) in [5, 5.41) is 7.26. The van der Waals surface area contributed by atoms with E-state index in [2.05, 4.69) is 27.6 Å². The van der Waals surface area contributed by atoms with Crippen LogP contribution in [0.4, 0.5) is 0 Å². The summed E-state index contributed by atoms with van der Waals surface area (Å²) < 4.78 is 0. The van der Waals surface area contributed by atoms with E-state index in [1.165, 1.54) is 64.5 Å². The maximum absolute atomic E-state index is 4.45. The highest BCUT2D eigenvalue weighted by molar-refractivity contribution is 5.79. The summed E-state index contributed by atoms with van der Waals surface area (Å²) in [5.41, 5.74) is 0. The highest BCUT2D eigenvalue weighted by Gasteiger charge is 2.32. The minimum absolute atomic E-state index is 0.636. The van der Waals surface area contributed by atoms with E-state index < -0.39 is 0 Å². The number of likely N-dealkylation sites (tertiary alicyclic amines) is 1. The van der Waals surface area contributed by atoms with E-state index in [0.29, 0.717) is 6.04 Å². The smallest absolute Gasteiger partial charge is 0.191 e. The molecule has 0 radical (unpaired) electrons. The Morgan fingerprint density at radius 2 is 1.91 bits per heavy atom. The van der Waals surface area contributed by atoms with Crippen molar-refractivity contribution >= 4 is 5.96 Å². The van der Waals surface area contributed by atoms with Crippen LogP contribution in [0.5, 0.6) is 0 Å². The number of fused-ring (bicyclic) bond motifs is 1. The topological polar surface area (TPSA) is 39.7 Å². The van der Waals surface area contributed by atoms with Crippen molar-refractivity contribution < 1.29 is 0 Å². The van der Waals surface area contributed by atoms with Gasteiger partial charge in [0.2, 0.25) is 0 Å². The molecule has 3 aliphatic rings. The van der Waals surface area contributed by atoms with Gasteiger partial charge in [0.1, 0.15) is 0 Å². The number of rotatable bonds is 3. The predicted molar refractivity (Wildman–Crippen MR) is 93.2 cm³/mol. The van der Waals surface area contributed by atoms with Crippen LogP contribution in [0.15, 0.2) is 4.99 Å². The molecule has 4 atom stereocenters. The zero-order chi connectivity index (χ0) is 15.4. The van der Waals surface area contributed by atoms with Crippen molar-refractivity contribution in [2.45, 2.75) is 57.4 Å². The van der Waals surface area contributed by atoms with Gasteiger partial charge < -0.3 is 15.5 Å². The Balaban J connectivity index is 1.42. The number of hydrogen-bond donors (Lipinski definition) is 2. The molecule has 4 unspecified atom stereocenters. The Kier molecular flexibility index (Phi) is 5.61. The van der Waals surface area contributed by atoms with Crippen molar-refractivity contribution in [2.75, 3.05) is 33.7 Å². The van der Waals surface area contributed by atoms with E-state index >= 15 is 0 Å².